The van der Waals surface area contributed by atoms with E-state index in [-0.39, 0.29) is 0 Å². The van der Waals surface area contributed by atoms with E-state index in [0.29, 0.717) is 17.2 Å². The van der Waals surface area contributed by atoms with Crippen molar-refractivity contribution in [2.75, 3.05) is 0 Å². The van der Waals surface area contributed by atoms with Crippen molar-refractivity contribution in [1.82, 2.24) is 5.32 Å². The average molecular weight is 216 g/mol. The van der Waals surface area contributed by atoms with Gasteiger partial charge < -0.3 is 9.73 Å². The van der Waals surface area contributed by atoms with Crippen molar-refractivity contribution in [3.63, 3.8) is 0 Å². The van der Waals surface area contributed by atoms with Crippen LogP contribution >= 0.6 is 11.6 Å². The second-order valence-corrected chi connectivity index (χ2v) is 4.22. The van der Waals surface area contributed by atoms with Gasteiger partial charge in [-0.15, -0.1) is 0 Å². The molecule has 1 aromatic heterocycles. The number of hydrogen-bond acceptors (Lipinski definition) is 2. The van der Waals surface area contributed by atoms with E-state index in [9.17, 15) is 0 Å². The number of furan rings is 1. The fourth-order valence-corrected chi connectivity index (χ4v) is 1.69. The van der Waals surface area contributed by atoms with Crippen LogP contribution in [0, 0.1) is 5.92 Å². The molecular weight excluding hydrogens is 198 g/mol. The Morgan fingerprint density at radius 1 is 1.43 bits per heavy atom. The van der Waals surface area contributed by atoms with E-state index in [0.717, 1.165) is 18.7 Å². The summed E-state index contributed by atoms with van der Waals surface area (Å²) in [7, 11) is 0. The maximum absolute atomic E-state index is 5.68. The average Bonchev–Trinajstić information content (AvgIpc) is 2.52. The molecule has 14 heavy (non-hydrogen) atoms. The predicted octanol–water partition coefficient (Wildman–Crippen LogP) is 3.46. The summed E-state index contributed by atoms with van der Waals surface area (Å²) in [4.78, 5) is 0. The first-order valence-electron chi connectivity index (χ1n) is 5.11. The van der Waals surface area contributed by atoms with Crippen molar-refractivity contribution in [1.29, 1.82) is 0 Å². The van der Waals surface area contributed by atoms with Crippen LogP contribution in [0.5, 0.6) is 0 Å². The van der Waals surface area contributed by atoms with Crippen molar-refractivity contribution < 1.29 is 4.42 Å². The lowest BCUT2D eigenvalue weighted by Gasteiger charge is -2.19. The minimum Gasteiger partial charge on any atom is -0.448 e. The van der Waals surface area contributed by atoms with Crippen LogP contribution in [-0.4, -0.2) is 6.04 Å². The van der Waals surface area contributed by atoms with Gasteiger partial charge in [-0.2, -0.15) is 0 Å². The summed E-state index contributed by atoms with van der Waals surface area (Å²) < 4.78 is 5.26. The molecule has 1 heterocycles. The van der Waals surface area contributed by atoms with Crippen LogP contribution in [0.25, 0.3) is 0 Å². The van der Waals surface area contributed by atoms with Crippen molar-refractivity contribution in [2.24, 2.45) is 5.92 Å². The fraction of sp³-hybridized carbons (Fsp3) is 0.636. The molecule has 1 atom stereocenters. The Labute approximate surface area is 90.6 Å². The Bertz CT molecular complexity index is 270. The van der Waals surface area contributed by atoms with Crippen molar-refractivity contribution in [3.05, 3.63) is 23.1 Å². The maximum atomic E-state index is 5.68. The lowest BCUT2D eigenvalue weighted by atomic mass is 10.0. The number of rotatable bonds is 5. The molecule has 1 unspecified atom stereocenters. The molecule has 3 heteroatoms. The zero-order chi connectivity index (χ0) is 10.6. The van der Waals surface area contributed by atoms with Crippen LogP contribution in [0.15, 0.2) is 16.5 Å². The molecule has 2 nitrogen and oxygen atoms in total. The van der Waals surface area contributed by atoms with E-state index in [1.54, 1.807) is 6.07 Å². The Morgan fingerprint density at radius 3 is 2.57 bits per heavy atom. The molecule has 0 fully saturated rings. The third kappa shape index (κ3) is 3.35. The largest absolute Gasteiger partial charge is 0.448 e. The molecule has 1 N–H and O–H groups in total. The molecule has 0 bridgehead atoms. The molecule has 0 spiro atoms. The van der Waals surface area contributed by atoms with E-state index in [4.69, 9.17) is 16.0 Å². The Hall–Kier alpha value is -0.470. The monoisotopic (exact) mass is 215 g/mol. The van der Waals surface area contributed by atoms with Gasteiger partial charge in [0.05, 0.1) is 6.54 Å². The lowest BCUT2D eigenvalue weighted by molar-refractivity contribution is 0.367. The number of hydrogen-bond donors (Lipinski definition) is 1. The third-order valence-electron chi connectivity index (χ3n) is 2.41. The first kappa shape index (κ1) is 11.6. The van der Waals surface area contributed by atoms with Crippen molar-refractivity contribution in [3.8, 4) is 0 Å². The van der Waals surface area contributed by atoms with Gasteiger partial charge in [0.2, 0.25) is 0 Å². The van der Waals surface area contributed by atoms with Gasteiger partial charge in [0, 0.05) is 6.04 Å². The van der Waals surface area contributed by atoms with Crippen LogP contribution in [0.3, 0.4) is 0 Å². The summed E-state index contributed by atoms with van der Waals surface area (Å²) >= 11 is 5.68. The molecule has 1 aromatic rings. The summed E-state index contributed by atoms with van der Waals surface area (Å²) in [6.45, 7) is 7.38. The van der Waals surface area contributed by atoms with Crippen molar-refractivity contribution >= 4 is 11.6 Å². The molecule has 80 valence electrons. The summed E-state index contributed by atoms with van der Waals surface area (Å²) in [5, 5.41) is 3.90. The number of halogens is 1. The van der Waals surface area contributed by atoms with Gasteiger partial charge in [-0.25, -0.2) is 0 Å². The molecule has 0 saturated carbocycles. The Kier molecular flexibility index (Phi) is 4.49. The van der Waals surface area contributed by atoms with Crippen LogP contribution in [0.2, 0.25) is 5.22 Å². The van der Waals surface area contributed by atoms with Crippen LogP contribution in [0.1, 0.15) is 33.0 Å². The summed E-state index contributed by atoms with van der Waals surface area (Å²) in [5.74, 6) is 1.54. The molecule has 0 amide bonds. The zero-order valence-corrected chi connectivity index (χ0v) is 9.77. The van der Waals surface area contributed by atoms with Crippen LogP contribution in [-0.2, 0) is 6.54 Å². The summed E-state index contributed by atoms with van der Waals surface area (Å²) in [6.07, 6.45) is 1.13. The first-order chi connectivity index (χ1) is 6.63. The highest BCUT2D eigenvalue weighted by Gasteiger charge is 2.10. The first-order valence-corrected chi connectivity index (χ1v) is 5.49. The minimum absolute atomic E-state index is 0.458. The topological polar surface area (TPSA) is 25.2 Å². The fourth-order valence-electron chi connectivity index (χ4n) is 1.53. The quantitative estimate of drug-likeness (QED) is 0.814. The SMILES string of the molecule is CCC(NCc1ccc(Cl)o1)C(C)C. The zero-order valence-electron chi connectivity index (χ0n) is 9.01. The van der Waals surface area contributed by atoms with E-state index in [1.165, 1.54) is 0 Å². The molecule has 0 saturated heterocycles. The molecule has 0 aliphatic rings. The molecule has 0 aliphatic carbocycles. The predicted molar refractivity (Wildman–Crippen MR) is 59.5 cm³/mol. The minimum atomic E-state index is 0.458. The molecular formula is C11H18ClNO. The highest BCUT2D eigenvalue weighted by atomic mass is 35.5. The van der Waals surface area contributed by atoms with Gasteiger partial charge in [0.15, 0.2) is 5.22 Å². The maximum Gasteiger partial charge on any atom is 0.193 e. The lowest BCUT2D eigenvalue weighted by Crippen LogP contribution is -2.32. The van der Waals surface area contributed by atoms with Gasteiger partial charge in [-0.3, -0.25) is 0 Å². The van der Waals surface area contributed by atoms with Gasteiger partial charge >= 0.3 is 0 Å². The highest BCUT2D eigenvalue weighted by molar-refractivity contribution is 6.28. The van der Waals surface area contributed by atoms with E-state index >= 15 is 0 Å². The highest BCUT2D eigenvalue weighted by Crippen LogP contribution is 2.14. The van der Waals surface area contributed by atoms with Crippen LogP contribution in [0.4, 0.5) is 0 Å². The van der Waals surface area contributed by atoms with Gasteiger partial charge in [-0.05, 0) is 36.1 Å². The Balaban J connectivity index is 2.39. The van der Waals surface area contributed by atoms with E-state index in [1.807, 2.05) is 6.07 Å². The van der Waals surface area contributed by atoms with Crippen molar-refractivity contribution in [2.45, 2.75) is 39.8 Å². The summed E-state index contributed by atoms with van der Waals surface area (Å²) in [6, 6.07) is 4.22. The van der Waals surface area contributed by atoms with Gasteiger partial charge in [0.25, 0.3) is 0 Å². The molecule has 0 aliphatic heterocycles. The Morgan fingerprint density at radius 2 is 2.14 bits per heavy atom. The summed E-state index contributed by atoms with van der Waals surface area (Å²) in [5.41, 5.74) is 0. The second-order valence-electron chi connectivity index (χ2n) is 3.85. The van der Waals surface area contributed by atoms with Gasteiger partial charge in [0.1, 0.15) is 5.76 Å². The molecule has 0 radical (unpaired) electrons. The molecule has 0 aromatic carbocycles. The molecule has 1 rings (SSSR count). The number of nitrogens with one attached hydrogen (secondary N) is 1. The van der Waals surface area contributed by atoms with Crippen LogP contribution < -0.4 is 5.32 Å². The van der Waals surface area contributed by atoms with E-state index in [2.05, 4.69) is 26.1 Å². The second kappa shape index (κ2) is 5.42. The van der Waals surface area contributed by atoms with Gasteiger partial charge in [-0.1, -0.05) is 20.8 Å². The smallest absolute Gasteiger partial charge is 0.193 e. The third-order valence-corrected chi connectivity index (χ3v) is 2.62. The standard InChI is InChI=1S/C11H18ClNO/c1-4-10(8(2)3)13-7-9-5-6-11(12)14-9/h5-6,8,10,13H,4,7H2,1-3H3. The van der Waals surface area contributed by atoms with E-state index < -0.39 is 0 Å². The normalized spacial score (nSPS) is 13.5.